The first-order chi connectivity index (χ1) is 19.6. The first kappa shape index (κ1) is 27.9. The van der Waals surface area contributed by atoms with Gasteiger partial charge in [0.25, 0.3) is 5.91 Å². The summed E-state index contributed by atoms with van der Waals surface area (Å²) < 4.78 is 41.9. The molecule has 0 aliphatic rings. The molecule has 0 fully saturated rings. The highest BCUT2D eigenvalue weighted by atomic mass is 79.9. The predicted octanol–water partition coefficient (Wildman–Crippen LogP) is 7.13. The van der Waals surface area contributed by atoms with Crippen molar-refractivity contribution in [3.05, 3.63) is 105 Å². The number of nitrogens with zero attached hydrogens (tertiary/aromatic N) is 3. The van der Waals surface area contributed by atoms with E-state index in [0.717, 1.165) is 6.07 Å². The number of pyridine rings is 3. The number of fused-ring (bicyclic) bond motifs is 1. The third-order valence-corrected chi connectivity index (χ3v) is 6.81. The van der Waals surface area contributed by atoms with Gasteiger partial charge >= 0.3 is 0 Å². The number of carbonyl (C=O) groups is 1. The summed E-state index contributed by atoms with van der Waals surface area (Å²) in [4.78, 5) is 35.1. The van der Waals surface area contributed by atoms with E-state index in [2.05, 4.69) is 31.2 Å². The van der Waals surface area contributed by atoms with Gasteiger partial charge in [-0.3, -0.25) is 14.6 Å². The average Bonchev–Trinajstić information content (AvgIpc) is 2.94. The van der Waals surface area contributed by atoms with Crippen LogP contribution < -0.4 is 20.2 Å². The molecule has 1 N–H and O–H groups in total. The van der Waals surface area contributed by atoms with Crippen molar-refractivity contribution in [3.63, 3.8) is 0 Å². The molecule has 0 spiro atoms. The van der Waals surface area contributed by atoms with E-state index in [0.29, 0.717) is 26.9 Å². The van der Waals surface area contributed by atoms with Crippen LogP contribution in [0.1, 0.15) is 30.2 Å². The Morgan fingerprint density at radius 2 is 1.78 bits per heavy atom. The van der Waals surface area contributed by atoms with Gasteiger partial charge in [0.15, 0.2) is 17.3 Å². The molecule has 0 unspecified atom stereocenters. The number of methoxy groups -OCH3 is 1. The Morgan fingerprint density at radius 3 is 2.46 bits per heavy atom. The van der Waals surface area contributed by atoms with Crippen molar-refractivity contribution in [2.24, 2.45) is 0 Å². The molecule has 0 aliphatic carbocycles. The van der Waals surface area contributed by atoms with Gasteiger partial charge in [0.1, 0.15) is 16.9 Å². The van der Waals surface area contributed by atoms with Crippen LogP contribution in [-0.4, -0.2) is 27.6 Å². The first-order valence-corrected chi connectivity index (χ1v) is 13.2. The van der Waals surface area contributed by atoms with Crippen LogP contribution in [0.2, 0.25) is 0 Å². The molecule has 3 heterocycles. The summed E-state index contributed by atoms with van der Waals surface area (Å²) in [5.74, 6) is -1.46. The number of halogens is 3. The second-order valence-electron chi connectivity index (χ2n) is 9.32. The molecule has 5 aromatic rings. The normalized spacial score (nSPS) is 11.1. The minimum Gasteiger partial charge on any atom is -0.480 e. The first-order valence-electron chi connectivity index (χ1n) is 12.4. The lowest BCUT2D eigenvalue weighted by Gasteiger charge is -2.16. The fourth-order valence-corrected chi connectivity index (χ4v) is 4.57. The largest absolute Gasteiger partial charge is 0.480 e. The zero-order chi connectivity index (χ0) is 29.3. The van der Waals surface area contributed by atoms with Gasteiger partial charge < -0.3 is 19.4 Å². The third-order valence-electron chi connectivity index (χ3n) is 6.24. The molecule has 0 radical (unpaired) electrons. The van der Waals surface area contributed by atoms with Crippen molar-refractivity contribution in [2.75, 3.05) is 12.4 Å². The Balaban J connectivity index is 1.43. The number of hydrogen-bond acceptors (Lipinski definition) is 6. The zero-order valence-corrected chi connectivity index (χ0v) is 23.7. The van der Waals surface area contributed by atoms with E-state index in [-0.39, 0.29) is 34.4 Å². The number of carbonyl (C=O) groups excluding carboxylic acids is 1. The van der Waals surface area contributed by atoms with E-state index in [4.69, 9.17) is 9.47 Å². The van der Waals surface area contributed by atoms with Crippen molar-refractivity contribution in [1.29, 1.82) is 0 Å². The number of rotatable bonds is 7. The minimum absolute atomic E-state index is 0.0740. The summed E-state index contributed by atoms with van der Waals surface area (Å²) in [6.07, 6.45) is 4.57. The summed E-state index contributed by atoms with van der Waals surface area (Å²) in [6.45, 7) is 3.79. The number of nitrogens with one attached hydrogen (secondary N) is 1. The van der Waals surface area contributed by atoms with E-state index in [1.54, 1.807) is 22.9 Å². The van der Waals surface area contributed by atoms with Crippen molar-refractivity contribution in [2.45, 2.75) is 19.9 Å². The Morgan fingerprint density at radius 1 is 1.02 bits per heavy atom. The van der Waals surface area contributed by atoms with Crippen LogP contribution in [0.15, 0.2) is 82.5 Å². The van der Waals surface area contributed by atoms with Gasteiger partial charge in [-0.25, -0.2) is 13.8 Å². The van der Waals surface area contributed by atoms with E-state index >= 15 is 4.39 Å². The Kier molecular flexibility index (Phi) is 7.80. The molecule has 11 heteroatoms. The van der Waals surface area contributed by atoms with E-state index < -0.39 is 23.0 Å². The number of anilines is 1. The highest BCUT2D eigenvalue weighted by Gasteiger charge is 2.19. The third kappa shape index (κ3) is 5.80. The molecule has 1 amide bonds. The SMILES string of the molecule is COc1nc2c(Oc3ccc(NC(=O)c4cn(C(C)C)cc(-c5ccc(F)cc5)c4=O)cc3F)ccnc2cc1Br. The van der Waals surface area contributed by atoms with Gasteiger partial charge in [-0.05, 0) is 65.7 Å². The van der Waals surface area contributed by atoms with Crippen molar-refractivity contribution in [1.82, 2.24) is 14.5 Å². The van der Waals surface area contributed by atoms with Crippen LogP contribution in [0.4, 0.5) is 14.5 Å². The maximum absolute atomic E-state index is 15.1. The van der Waals surface area contributed by atoms with Crippen molar-refractivity contribution >= 4 is 38.6 Å². The highest BCUT2D eigenvalue weighted by Crippen LogP contribution is 2.34. The Bertz CT molecular complexity index is 1840. The standard InChI is InChI=1S/C30H23BrF2N4O4/c1-16(2)37-14-20(17-4-6-18(32)7-5-17)28(38)21(15-37)29(39)35-19-8-9-25(23(33)12-19)41-26-10-11-34-24-13-22(31)30(40-3)36-27(24)26/h4-16H,1-3H3,(H,35,39). The van der Waals surface area contributed by atoms with Crippen LogP contribution in [0.25, 0.3) is 22.2 Å². The van der Waals surface area contributed by atoms with Gasteiger partial charge in [0, 0.05) is 48.0 Å². The smallest absolute Gasteiger partial charge is 0.261 e. The minimum atomic E-state index is -0.753. The lowest BCUT2D eigenvalue weighted by molar-refractivity contribution is 0.102. The fraction of sp³-hybridized carbons (Fsp3) is 0.133. The van der Waals surface area contributed by atoms with Crippen LogP contribution in [0.3, 0.4) is 0 Å². The average molecular weight is 621 g/mol. The molecule has 2 aromatic carbocycles. The molecule has 5 rings (SSSR count). The van der Waals surface area contributed by atoms with E-state index in [9.17, 15) is 14.0 Å². The van der Waals surface area contributed by atoms with Gasteiger partial charge in [-0.1, -0.05) is 12.1 Å². The lowest BCUT2D eigenvalue weighted by Crippen LogP contribution is -2.25. The molecule has 0 atom stereocenters. The van der Waals surface area contributed by atoms with Gasteiger partial charge in [0.05, 0.1) is 17.1 Å². The quantitative estimate of drug-likeness (QED) is 0.208. The molecule has 208 valence electrons. The summed E-state index contributed by atoms with van der Waals surface area (Å²) in [5, 5.41) is 2.58. The monoisotopic (exact) mass is 620 g/mol. The molecule has 0 saturated carbocycles. The van der Waals surface area contributed by atoms with Gasteiger partial charge in [-0.15, -0.1) is 0 Å². The molecule has 3 aromatic heterocycles. The number of ether oxygens (including phenoxy) is 2. The van der Waals surface area contributed by atoms with Crippen LogP contribution in [0, 0.1) is 11.6 Å². The Hall–Kier alpha value is -4.64. The number of benzene rings is 2. The molecule has 0 aliphatic heterocycles. The van der Waals surface area contributed by atoms with E-state index in [1.807, 2.05) is 13.8 Å². The number of aromatic nitrogens is 3. The number of amides is 1. The molecular formula is C30H23BrF2N4O4. The fourth-order valence-electron chi connectivity index (χ4n) is 4.10. The lowest BCUT2D eigenvalue weighted by atomic mass is 10.0. The summed E-state index contributed by atoms with van der Waals surface area (Å²) in [5.41, 5.74) is 1.02. The van der Waals surface area contributed by atoms with Crippen molar-refractivity contribution in [3.8, 4) is 28.5 Å². The molecule has 0 saturated heterocycles. The second-order valence-corrected chi connectivity index (χ2v) is 10.2. The summed E-state index contributed by atoms with van der Waals surface area (Å²) in [6, 6.07) is 12.5. The van der Waals surface area contributed by atoms with Crippen LogP contribution >= 0.6 is 15.9 Å². The molecular weight excluding hydrogens is 598 g/mol. The highest BCUT2D eigenvalue weighted by molar-refractivity contribution is 9.10. The van der Waals surface area contributed by atoms with Gasteiger partial charge in [-0.2, -0.15) is 0 Å². The predicted molar refractivity (Wildman–Crippen MR) is 155 cm³/mol. The van der Waals surface area contributed by atoms with Crippen LogP contribution in [0.5, 0.6) is 17.4 Å². The Labute approximate surface area is 241 Å². The molecule has 0 bridgehead atoms. The topological polar surface area (TPSA) is 95.3 Å². The zero-order valence-electron chi connectivity index (χ0n) is 22.1. The second kappa shape index (κ2) is 11.5. The summed E-state index contributed by atoms with van der Waals surface area (Å²) in [7, 11) is 1.47. The van der Waals surface area contributed by atoms with Gasteiger partial charge in [0.2, 0.25) is 11.3 Å². The molecule has 41 heavy (non-hydrogen) atoms. The maximum atomic E-state index is 15.1. The summed E-state index contributed by atoms with van der Waals surface area (Å²) >= 11 is 3.36. The van der Waals surface area contributed by atoms with Crippen LogP contribution in [-0.2, 0) is 0 Å². The maximum Gasteiger partial charge on any atom is 0.261 e. The van der Waals surface area contributed by atoms with Crippen molar-refractivity contribution < 1.29 is 23.0 Å². The van der Waals surface area contributed by atoms with E-state index in [1.165, 1.54) is 55.9 Å². The number of hydrogen-bond donors (Lipinski definition) is 1. The molecule has 8 nitrogen and oxygen atoms in total.